The molecular formula is C18H23ClN2O2. The molecule has 1 atom stereocenters. The number of halogens is 1. The zero-order valence-corrected chi connectivity index (χ0v) is 14.3. The van der Waals surface area contributed by atoms with Crippen LogP contribution in [-0.2, 0) is 16.1 Å². The zero-order valence-electron chi connectivity index (χ0n) is 13.5. The maximum atomic E-state index is 12.0. The van der Waals surface area contributed by atoms with Gasteiger partial charge >= 0.3 is 0 Å². The predicted molar refractivity (Wildman–Crippen MR) is 90.4 cm³/mol. The summed E-state index contributed by atoms with van der Waals surface area (Å²) in [5, 5.41) is 0.805. The van der Waals surface area contributed by atoms with Gasteiger partial charge in [0.2, 0.25) is 5.91 Å². The van der Waals surface area contributed by atoms with Gasteiger partial charge in [0.25, 0.3) is 0 Å². The Bertz CT molecular complexity index is 597. The minimum atomic E-state index is -0.196. The first kappa shape index (κ1) is 16.5. The fourth-order valence-corrected chi connectivity index (χ4v) is 3.87. The lowest BCUT2D eigenvalue weighted by molar-refractivity contribution is -0.134. The monoisotopic (exact) mass is 334 g/mol. The summed E-state index contributed by atoms with van der Waals surface area (Å²) < 4.78 is 0. The van der Waals surface area contributed by atoms with Gasteiger partial charge in [-0.1, -0.05) is 23.7 Å². The number of aldehydes is 1. The zero-order chi connectivity index (χ0) is 16.4. The van der Waals surface area contributed by atoms with Crippen LogP contribution in [0.4, 0.5) is 0 Å². The number of amides is 1. The van der Waals surface area contributed by atoms with Crippen LogP contribution in [0, 0.1) is 6.92 Å². The number of likely N-dealkylation sites (tertiary alicyclic amines) is 2. The van der Waals surface area contributed by atoms with E-state index < -0.39 is 0 Å². The molecule has 124 valence electrons. The smallest absolute Gasteiger partial charge is 0.223 e. The summed E-state index contributed by atoms with van der Waals surface area (Å²) in [5.74, 6) is 0.147. The minimum absolute atomic E-state index is 0.147. The lowest BCUT2D eigenvalue weighted by Crippen LogP contribution is -2.48. The molecule has 3 rings (SSSR count). The van der Waals surface area contributed by atoms with E-state index in [1.807, 2.05) is 17.9 Å². The molecule has 0 aliphatic carbocycles. The molecule has 2 aliphatic heterocycles. The highest BCUT2D eigenvalue weighted by atomic mass is 35.5. The Kier molecular flexibility index (Phi) is 5.02. The van der Waals surface area contributed by atoms with E-state index in [1.165, 1.54) is 5.56 Å². The topological polar surface area (TPSA) is 40.6 Å². The van der Waals surface area contributed by atoms with Crippen LogP contribution in [-0.4, -0.2) is 47.2 Å². The third-order valence-corrected chi connectivity index (χ3v) is 5.46. The van der Waals surface area contributed by atoms with Gasteiger partial charge in [-0.15, -0.1) is 0 Å². The number of benzene rings is 1. The molecule has 1 amide bonds. The molecule has 0 aromatic heterocycles. The van der Waals surface area contributed by atoms with Crippen LogP contribution in [0.1, 0.15) is 36.8 Å². The Balaban J connectivity index is 1.57. The molecule has 0 radical (unpaired) electrons. The molecule has 1 aromatic carbocycles. The summed E-state index contributed by atoms with van der Waals surface area (Å²) in [7, 11) is 0. The summed E-state index contributed by atoms with van der Waals surface area (Å²) in [6.45, 7) is 4.86. The molecule has 23 heavy (non-hydrogen) atoms. The maximum Gasteiger partial charge on any atom is 0.223 e. The lowest BCUT2D eigenvalue weighted by atomic mass is 10.0. The summed E-state index contributed by atoms with van der Waals surface area (Å²) in [5.41, 5.74) is 2.38. The highest BCUT2D eigenvalue weighted by Gasteiger charge is 2.37. The maximum absolute atomic E-state index is 12.0. The van der Waals surface area contributed by atoms with Crippen molar-refractivity contribution in [3.05, 3.63) is 34.3 Å². The molecule has 2 fully saturated rings. The van der Waals surface area contributed by atoms with Crippen LogP contribution in [0.15, 0.2) is 18.2 Å². The van der Waals surface area contributed by atoms with E-state index in [2.05, 4.69) is 17.0 Å². The van der Waals surface area contributed by atoms with Crippen molar-refractivity contribution in [2.24, 2.45) is 0 Å². The first-order chi connectivity index (χ1) is 11.1. The van der Waals surface area contributed by atoms with E-state index in [0.29, 0.717) is 12.8 Å². The molecule has 2 heterocycles. The van der Waals surface area contributed by atoms with Crippen molar-refractivity contribution >= 4 is 23.8 Å². The highest BCUT2D eigenvalue weighted by Crippen LogP contribution is 2.27. The predicted octanol–water partition coefficient (Wildman–Crippen LogP) is 2.80. The van der Waals surface area contributed by atoms with Crippen LogP contribution in [0.25, 0.3) is 0 Å². The van der Waals surface area contributed by atoms with Crippen molar-refractivity contribution < 1.29 is 9.59 Å². The van der Waals surface area contributed by atoms with Crippen LogP contribution < -0.4 is 0 Å². The van der Waals surface area contributed by atoms with Gasteiger partial charge in [0.1, 0.15) is 6.29 Å². The number of carbonyl (C=O) groups is 2. The number of hydrogen-bond acceptors (Lipinski definition) is 3. The minimum Gasteiger partial charge on any atom is -0.330 e. The van der Waals surface area contributed by atoms with E-state index in [4.69, 9.17) is 11.6 Å². The molecule has 5 heteroatoms. The third kappa shape index (κ3) is 3.59. The fourth-order valence-electron chi connectivity index (χ4n) is 3.75. The van der Waals surface area contributed by atoms with Crippen LogP contribution in [0.2, 0.25) is 5.02 Å². The number of hydrogen-bond donors (Lipinski definition) is 0. The highest BCUT2D eigenvalue weighted by molar-refractivity contribution is 6.31. The van der Waals surface area contributed by atoms with E-state index in [1.54, 1.807) is 0 Å². The van der Waals surface area contributed by atoms with Gasteiger partial charge in [-0.2, -0.15) is 0 Å². The van der Waals surface area contributed by atoms with Crippen molar-refractivity contribution in [2.75, 3.05) is 13.1 Å². The molecule has 0 bridgehead atoms. The molecule has 1 aromatic rings. The van der Waals surface area contributed by atoms with Crippen LogP contribution in [0.5, 0.6) is 0 Å². The number of rotatable bonds is 4. The van der Waals surface area contributed by atoms with Crippen LogP contribution >= 0.6 is 11.6 Å². The van der Waals surface area contributed by atoms with Gasteiger partial charge < -0.3 is 9.69 Å². The van der Waals surface area contributed by atoms with E-state index in [-0.39, 0.29) is 18.0 Å². The average molecular weight is 335 g/mol. The summed E-state index contributed by atoms with van der Waals surface area (Å²) in [6, 6.07) is 6.20. The second-order valence-corrected chi connectivity index (χ2v) is 7.04. The molecule has 4 nitrogen and oxygen atoms in total. The quantitative estimate of drug-likeness (QED) is 0.795. The second kappa shape index (κ2) is 7.02. The SMILES string of the molecule is Cc1cc(CN2CCC(N3C(=O)CCC3C=O)CC2)ccc1Cl. The summed E-state index contributed by atoms with van der Waals surface area (Å²) in [4.78, 5) is 27.4. The number of piperidine rings is 1. The Labute approximate surface area is 142 Å². The number of aryl methyl sites for hydroxylation is 1. The summed E-state index contributed by atoms with van der Waals surface area (Å²) >= 11 is 6.08. The number of carbonyl (C=O) groups excluding carboxylic acids is 2. The molecule has 0 spiro atoms. The molecule has 0 N–H and O–H groups in total. The first-order valence-corrected chi connectivity index (χ1v) is 8.70. The largest absolute Gasteiger partial charge is 0.330 e. The van der Waals surface area contributed by atoms with Gasteiger partial charge in [0, 0.05) is 37.1 Å². The summed E-state index contributed by atoms with van der Waals surface area (Å²) in [6.07, 6.45) is 4.04. The average Bonchev–Trinajstić information content (AvgIpc) is 2.93. The lowest BCUT2D eigenvalue weighted by Gasteiger charge is -2.38. The molecule has 0 saturated carbocycles. The van der Waals surface area contributed by atoms with Gasteiger partial charge in [0.05, 0.1) is 6.04 Å². The van der Waals surface area contributed by atoms with Crippen molar-refractivity contribution in [3.8, 4) is 0 Å². The van der Waals surface area contributed by atoms with Crippen molar-refractivity contribution in [3.63, 3.8) is 0 Å². The Morgan fingerprint density at radius 2 is 2.00 bits per heavy atom. The van der Waals surface area contributed by atoms with Gasteiger partial charge in [-0.05, 0) is 43.4 Å². The van der Waals surface area contributed by atoms with Crippen molar-refractivity contribution in [1.82, 2.24) is 9.80 Å². The Hall–Kier alpha value is -1.39. The second-order valence-electron chi connectivity index (χ2n) is 6.63. The van der Waals surface area contributed by atoms with Gasteiger partial charge in [0.15, 0.2) is 0 Å². The Morgan fingerprint density at radius 1 is 1.26 bits per heavy atom. The fraction of sp³-hybridized carbons (Fsp3) is 0.556. The Morgan fingerprint density at radius 3 is 2.65 bits per heavy atom. The van der Waals surface area contributed by atoms with E-state index >= 15 is 0 Å². The van der Waals surface area contributed by atoms with E-state index in [9.17, 15) is 9.59 Å². The van der Waals surface area contributed by atoms with Crippen molar-refractivity contribution in [2.45, 2.75) is 51.2 Å². The van der Waals surface area contributed by atoms with Gasteiger partial charge in [-0.25, -0.2) is 0 Å². The normalized spacial score (nSPS) is 23.5. The first-order valence-electron chi connectivity index (χ1n) is 8.32. The molecule has 2 aliphatic rings. The number of nitrogens with zero attached hydrogens (tertiary/aromatic N) is 2. The molecular weight excluding hydrogens is 312 g/mol. The molecule has 1 unspecified atom stereocenters. The molecule has 2 saturated heterocycles. The van der Waals surface area contributed by atoms with Crippen LogP contribution in [0.3, 0.4) is 0 Å². The van der Waals surface area contributed by atoms with Gasteiger partial charge in [-0.3, -0.25) is 9.69 Å². The van der Waals surface area contributed by atoms with E-state index in [0.717, 1.165) is 49.3 Å². The standard InChI is InChI=1S/C18H23ClN2O2/c1-13-10-14(2-4-17(13)19)11-20-8-6-15(7-9-20)21-16(12-22)3-5-18(21)23/h2,4,10,12,15-16H,3,5-9,11H2,1H3. The third-order valence-electron chi connectivity index (χ3n) is 5.04. The van der Waals surface area contributed by atoms with Crippen molar-refractivity contribution in [1.29, 1.82) is 0 Å².